The molecule has 0 aromatic heterocycles. The highest BCUT2D eigenvalue weighted by molar-refractivity contribution is 5.42. The fourth-order valence-electron chi connectivity index (χ4n) is 1.58. The van der Waals surface area contributed by atoms with Gasteiger partial charge in [0.25, 0.3) is 0 Å². The summed E-state index contributed by atoms with van der Waals surface area (Å²) in [7, 11) is 2.81. The monoisotopic (exact) mass is 223 g/mol. The molecule has 1 aromatic rings. The van der Waals surface area contributed by atoms with Crippen molar-refractivity contribution in [3.05, 3.63) is 34.9 Å². The van der Waals surface area contributed by atoms with E-state index in [4.69, 9.17) is 14.2 Å². The number of hydrogen-bond acceptors (Lipinski definition) is 4. The van der Waals surface area contributed by atoms with Gasteiger partial charge >= 0.3 is 12.4 Å². The second-order valence-corrected chi connectivity index (χ2v) is 3.40. The SMILES string of the molecule is COC(OC)(O[C]=O)c1cccc(C)c1C. The van der Waals surface area contributed by atoms with Gasteiger partial charge in [0.1, 0.15) is 0 Å². The third-order valence-electron chi connectivity index (χ3n) is 2.65. The van der Waals surface area contributed by atoms with E-state index in [1.54, 1.807) is 6.07 Å². The first kappa shape index (κ1) is 12.7. The number of hydrogen-bond donors (Lipinski definition) is 0. The molecule has 0 spiro atoms. The van der Waals surface area contributed by atoms with E-state index in [1.165, 1.54) is 20.7 Å². The lowest BCUT2D eigenvalue weighted by molar-refractivity contribution is -0.341. The Bertz CT molecular complexity index is 369. The Balaban J connectivity index is 3.30. The molecule has 0 amide bonds. The zero-order valence-electron chi connectivity index (χ0n) is 9.87. The summed E-state index contributed by atoms with van der Waals surface area (Å²) in [6.07, 6.45) is 0. The number of rotatable bonds is 5. The first-order chi connectivity index (χ1) is 7.61. The molecule has 1 radical (unpaired) electrons. The zero-order chi connectivity index (χ0) is 12.2. The highest BCUT2D eigenvalue weighted by Crippen LogP contribution is 2.30. The quantitative estimate of drug-likeness (QED) is 0.714. The van der Waals surface area contributed by atoms with Crippen LogP contribution in [0.15, 0.2) is 18.2 Å². The topological polar surface area (TPSA) is 44.8 Å². The van der Waals surface area contributed by atoms with Gasteiger partial charge in [0.15, 0.2) is 0 Å². The molecule has 16 heavy (non-hydrogen) atoms. The van der Waals surface area contributed by atoms with Crippen molar-refractivity contribution in [1.29, 1.82) is 0 Å². The molecular formula is C12H15O4. The van der Waals surface area contributed by atoms with E-state index in [1.807, 2.05) is 26.0 Å². The minimum Gasteiger partial charge on any atom is -0.395 e. The Labute approximate surface area is 95.1 Å². The van der Waals surface area contributed by atoms with Crippen molar-refractivity contribution in [2.45, 2.75) is 19.8 Å². The second kappa shape index (κ2) is 5.09. The number of methoxy groups -OCH3 is 2. The molecule has 87 valence electrons. The van der Waals surface area contributed by atoms with Crippen LogP contribution in [-0.2, 0) is 25.0 Å². The van der Waals surface area contributed by atoms with Gasteiger partial charge in [-0.3, -0.25) is 0 Å². The highest BCUT2D eigenvalue weighted by atomic mass is 16.9. The number of ether oxygens (including phenoxy) is 3. The molecule has 0 aliphatic rings. The van der Waals surface area contributed by atoms with Crippen LogP contribution >= 0.6 is 0 Å². The highest BCUT2D eigenvalue weighted by Gasteiger charge is 2.37. The molecule has 0 atom stereocenters. The number of aryl methyl sites for hydroxylation is 1. The average molecular weight is 223 g/mol. The van der Waals surface area contributed by atoms with Gasteiger partial charge in [0.2, 0.25) is 0 Å². The second-order valence-electron chi connectivity index (χ2n) is 3.40. The van der Waals surface area contributed by atoms with Gasteiger partial charge in [-0.25, -0.2) is 4.79 Å². The smallest absolute Gasteiger partial charge is 0.395 e. The summed E-state index contributed by atoms with van der Waals surface area (Å²) in [5.74, 6) is -1.52. The summed E-state index contributed by atoms with van der Waals surface area (Å²) in [5, 5.41) is 0. The van der Waals surface area contributed by atoms with Crippen molar-refractivity contribution in [1.82, 2.24) is 0 Å². The lowest BCUT2D eigenvalue weighted by Crippen LogP contribution is -2.34. The van der Waals surface area contributed by atoms with E-state index >= 15 is 0 Å². The summed E-state index contributed by atoms with van der Waals surface area (Å²) in [5.41, 5.74) is 2.66. The van der Waals surface area contributed by atoms with E-state index in [9.17, 15) is 4.79 Å². The molecule has 1 aromatic carbocycles. The lowest BCUT2D eigenvalue weighted by Gasteiger charge is -2.29. The molecule has 0 unspecified atom stereocenters. The fraction of sp³-hybridized carbons (Fsp3) is 0.417. The van der Waals surface area contributed by atoms with Crippen molar-refractivity contribution in [3.63, 3.8) is 0 Å². The van der Waals surface area contributed by atoms with E-state index in [-0.39, 0.29) is 0 Å². The van der Waals surface area contributed by atoms with Gasteiger partial charge in [-0.05, 0) is 31.0 Å². The Kier molecular flexibility index (Phi) is 4.04. The third-order valence-corrected chi connectivity index (χ3v) is 2.65. The largest absolute Gasteiger partial charge is 0.422 e. The minimum atomic E-state index is -1.52. The fourth-order valence-corrected chi connectivity index (χ4v) is 1.58. The summed E-state index contributed by atoms with van der Waals surface area (Å²) in [4.78, 5) is 10.4. The minimum absolute atomic E-state index is 0.654. The maximum atomic E-state index is 10.4. The number of carbonyl (C=O) groups excluding carboxylic acids is 1. The molecule has 0 saturated carbocycles. The van der Waals surface area contributed by atoms with Crippen molar-refractivity contribution in [3.8, 4) is 0 Å². The van der Waals surface area contributed by atoms with Crippen LogP contribution in [0.25, 0.3) is 0 Å². The van der Waals surface area contributed by atoms with Crippen molar-refractivity contribution < 1.29 is 19.0 Å². The van der Waals surface area contributed by atoms with Crippen LogP contribution in [0.1, 0.15) is 16.7 Å². The Morgan fingerprint density at radius 1 is 1.19 bits per heavy atom. The van der Waals surface area contributed by atoms with Gasteiger partial charge in [-0.15, -0.1) is 0 Å². The molecule has 1 rings (SSSR count). The van der Waals surface area contributed by atoms with E-state index in [0.717, 1.165) is 11.1 Å². The summed E-state index contributed by atoms with van der Waals surface area (Å²) in [6, 6.07) is 5.59. The van der Waals surface area contributed by atoms with Crippen LogP contribution in [-0.4, -0.2) is 20.7 Å². The van der Waals surface area contributed by atoms with Crippen LogP contribution in [0.5, 0.6) is 0 Å². The van der Waals surface area contributed by atoms with Crippen molar-refractivity contribution >= 4 is 6.47 Å². The predicted octanol–water partition coefficient (Wildman–Crippen LogP) is 1.79. The molecule has 4 heteroatoms. The van der Waals surface area contributed by atoms with Gasteiger partial charge in [0.05, 0.1) is 5.56 Å². The normalized spacial score (nSPS) is 11.2. The molecule has 0 saturated heterocycles. The molecule has 0 heterocycles. The van der Waals surface area contributed by atoms with Gasteiger partial charge in [-0.2, -0.15) is 0 Å². The average Bonchev–Trinajstić information content (AvgIpc) is 2.30. The number of benzene rings is 1. The summed E-state index contributed by atoms with van der Waals surface area (Å²) < 4.78 is 15.1. The van der Waals surface area contributed by atoms with E-state index in [2.05, 4.69) is 0 Å². The molecule has 0 fully saturated rings. The van der Waals surface area contributed by atoms with Crippen LogP contribution in [0.4, 0.5) is 0 Å². The van der Waals surface area contributed by atoms with Crippen molar-refractivity contribution in [2.75, 3.05) is 14.2 Å². The molecule has 0 bridgehead atoms. The molecule has 4 nitrogen and oxygen atoms in total. The van der Waals surface area contributed by atoms with Gasteiger partial charge in [-0.1, -0.05) is 12.1 Å². The third kappa shape index (κ3) is 2.08. The van der Waals surface area contributed by atoms with Gasteiger partial charge in [0, 0.05) is 14.2 Å². The summed E-state index contributed by atoms with van der Waals surface area (Å²) in [6.45, 7) is 5.22. The predicted molar refractivity (Wildman–Crippen MR) is 58.4 cm³/mol. The Hall–Kier alpha value is -1.39. The Morgan fingerprint density at radius 2 is 1.81 bits per heavy atom. The first-order valence-electron chi connectivity index (χ1n) is 4.83. The van der Waals surface area contributed by atoms with E-state index in [0.29, 0.717) is 5.56 Å². The zero-order valence-corrected chi connectivity index (χ0v) is 9.87. The van der Waals surface area contributed by atoms with Crippen LogP contribution in [0.3, 0.4) is 0 Å². The lowest BCUT2D eigenvalue weighted by atomic mass is 10.0. The first-order valence-corrected chi connectivity index (χ1v) is 4.83. The van der Waals surface area contributed by atoms with Crippen LogP contribution < -0.4 is 0 Å². The van der Waals surface area contributed by atoms with Crippen molar-refractivity contribution in [2.24, 2.45) is 0 Å². The Morgan fingerprint density at radius 3 is 2.31 bits per heavy atom. The molecular weight excluding hydrogens is 208 g/mol. The molecule has 0 aliphatic carbocycles. The molecule has 0 N–H and O–H groups in total. The van der Waals surface area contributed by atoms with Crippen LogP contribution in [0, 0.1) is 13.8 Å². The maximum Gasteiger partial charge on any atom is 0.422 e. The summed E-state index contributed by atoms with van der Waals surface area (Å²) >= 11 is 0. The van der Waals surface area contributed by atoms with Gasteiger partial charge < -0.3 is 14.2 Å². The molecule has 0 aliphatic heterocycles. The standard InChI is InChI=1S/C12H15O4/c1-9-6-5-7-11(10(9)2)12(14-3,15-4)16-8-13/h5-7H,1-4H3. The maximum absolute atomic E-state index is 10.4. The van der Waals surface area contributed by atoms with E-state index < -0.39 is 5.97 Å². The van der Waals surface area contributed by atoms with Crippen LogP contribution in [0.2, 0.25) is 0 Å².